The van der Waals surface area contributed by atoms with Gasteiger partial charge in [-0.1, -0.05) is 163 Å². The lowest BCUT2D eigenvalue weighted by Gasteiger charge is -2.13. The molecule has 0 saturated heterocycles. The van der Waals surface area contributed by atoms with Gasteiger partial charge in [-0.15, -0.1) is 0 Å². The van der Waals surface area contributed by atoms with Crippen molar-refractivity contribution in [1.82, 2.24) is 4.57 Å². The van der Waals surface area contributed by atoms with Crippen LogP contribution in [0.15, 0.2) is 194 Å². The van der Waals surface area contributed by atoms with Crippen molar-refractivity contribution in [2.45, 2.75) is 20.8 Å². The third-order valence-electron chi connectivity index (χ3n) is 10.0. The predicted molar refractivity (Wildman–Crippen MR) is 223 cm³/mol. The van der Waals surface area contributed by atoms with Crippen LogP contribution in [0.2, 0.25) is 0 Å². The lowest BCUT2D eigenvalue weighted by molar-refractivity contribution is 1.18. The summed E-state index contributed by atoms with van der Waals surface area (Å²) in [5.41, 5.74) is 17.6. The molecule has 0 bridgehead atoms. The normalized spacial score (nSPS) is 11.0. The number of nitrogens with zero attached hydrogens (tertiary/aromatic N) is 1. The fourth-order valence-corrected chi connectivity index (χ4v) is 7.29. The molecule has 1 heterocycles. The first-order valence-corrected chi connectivity index (χ1v) is 18.0. The highest BCUT2D eigenvalue weighted by Gasteiger charge is 2.14. The largest absolute Gasteiger partial charge is 0.309 e. The summed E-state index contributed by atoms with van der Waals surface area (Å²) in [6, 6.07) is 69.6. The van der Waals surface area contributed by atoms with Gasteiger partial charge in [0.25, 0.3) is 0 Å². The van der Waals surface area contributed by atoms with E-state index in [1.807, 2.05) is 6.07 Å². The lowest BCUT2D eigenvalue weighted by atomic mass is 9.92. The van der Waals surface area contributed by atoms with E-state index in [4.69, 9.17) is 0 Å². The van der Waals surface area contributed by atoms with Crippen LogP contribution in [0.1, 0.15) is 16.7 Å². The van der Waals surface area contributed by atoms with Gasteiger partial charge in [0.15, 0.2) is 0 Å². The molecule has 8 aromatic carbocycles. The average molecular weight is 668 g/mol. The van der Waals surface area contributed by atoms with E-state index in [9.17, 15) is 0 Å². The zero-order valence-corrected chi connectivity index (χ0v) is 29.9. The molecule has 0 atom stereocenters. The Morgan fingerprint density at radius 2 is 0.827 bits per heavy atom. The van der Waals surface area contributed by atoms with E-state index in [0.717, 1.165) is 0 Å². The Kier molecular flexibility index (Phi) is 9.08. The molecule has 1 heteroatoms. The third kappa shape index (κ3) is 6.57. The van der Waals surface area contributed by atoms with Gasteiger partial charge in [0.05, 0.1) is 11.0 Å². The van der Waals surface area contributed by atoms with Gasteiger partial charge in [0, 0.05) is 16.5 Å². The van der Waals surface area contributed by atoms with Crippen LogP contribution in [0.25, 0.3) is 72.0 Å². The summed E-state index contributed by atoms with van der Waals surface area (Å²) in [7, 11) is 0. The minimum atomic E-state index is 1.17. The summed E-state index contributed by atoms with van der Waals surface area (Å²) in [6.45, 7) is 6.51. The van der Waals surface area contributed by atoms with Gasteiger partial charge in [-0.25, -0.2) is 0 Å². The molecule has 0 aliphatic rings. The van der Waals surface area contributed by atoms with Crippen LogP contribution in [0.5, 0.6) is 0 Å². The highest BCUT2D eigenvalue weighted by Crippen LogP contribution is 2.37. The van der Waals surface area contributed by atoms with Crippen molar-refractivity contribution in [2.24, 2.45) is 0 Å². The minimum absolute atomic E-state index is 1.17. The molecule has 250 valence electrons. The molecule has 9 aromatic rings. The fourth-order valence-electron chi connectivity index (χ4n) is 7.29. The topological polar surface area (TPSA) is 4.93 Å². The van der Waals surface area contributed by atoms with Crippen LogP contribution in [-0.2, 0) is 0 Å². The molecule has 0 radical (unpaired) electrons. The molecule has 0 aliphatic carbocycles. The maximum Gasteiger partial charge on any atom is 0.0541 e. The molecule has 0 unspecified atom stereocenters. The number of hydrogen-bond donors (Lipinski definition) is 0. The first-order valence-electron chi connectivity index (χ1n) is 18.0. The van der Waals surface area contributed by atoms with Crippen molar-refractivity contribution >= 4 is 21.8 Å². The van der Waals surface area contributed by atoms with E-state index in [2.05, 4.69) is 213 Å². The monoisotopic (exact) mass is 667 g/mol. The summed E-state index contributed by atoms with van der Waals surface area (Å²) in [6.07, 6.45) is 0. The van der Waals surface area contributed by atoms with Gasteiger partial charge in [-0.3, -0.25) is 0 Å². The van der Waals surface area contributed by atoms with Crippen molar-refractivity contribution < 1.29 is 0 Å². The molecule has 1 nitrogen and oxygen atoms in total. The highest BCUT2D eigenvalue weighted by atomic mass is 15.0. The van der Waals surface area contributed by atoms with Crippen molar-refractivity contribution in [3.05, 3.63) is 211 Å². The number of para-hydroxylation sites is 1. The van der Waals surface area contributed by atoms with Gasteiger partial charge in [0.1, 0.15) is 0 Å². The standard InChI is InChI=1S/C38H29N.C13H12/c1-26-10-6-7-13-33(26)35-24-30(17-16-27(35)2)31-20-23-38-36(25-31)34-14-8-9-15-37(34)39(38)32-21-18-29(19-22-32)28-11-4-3-5-12-28;1-11-6-5-9-13(10-11)12-7-3-2-4-8-12/h3-25H,1-2H3;2-10H,1H3. The molecule has 52 heavy (non-hydrogen) atoms. The SMILES string of the molecule is Cc1cccc(-c2ccccc2)c1.Cc1ccccc1-c1cc(-c2ccc3c(c2)c2ccccc2n3-c2ccc(-c3ccccc3)cc2)ccc1C. The van der Waals surface area contributed by atoms with E-state index in [1.165, 1.54) is 88.7 Å². The Bertz CT molecular complexity index is 2630. The van der Waals surface area contributed by atoms with Crippen LogP contribution >= 0.6 is 0 Å². The molecule has 0 fully saturated rings. The minimum Gasteiger partial charge on any atom is -0.309 e. The van der Waals surface area contributed by atoms with Crippen LogP contribution in [-0.4, -0.2) is 4.57 Å². The maximum absolute atomic E-state index is 2.39. The predicted octanol–water partition coefficient (Wildman–Crippen LogP) is 14.1. The number of aryl methyl sites for hydroxylation is 3. The molecule has 1 aromatic heterocycles. The maximum atomic E-state index is 2.39. The first-order chi connectivity index (χ1) is 25.5. The first kappa shape index (κ1) is 32.7. The molecule has 0 amide bonds. The number of rotatable bonds is 5. The third-order valence-corrected chi connectivity index (χ3v) is 10.0. The average Bonchev–Trinajstić information content (AvgIpc) is 3.53. The Hall–Kier alpha value is -6.44. The van der Waals surface area contributed by atoms with Crippen LogP contribution in [0.3, 0.4) is 0 Å². The molecule has 0 N–H and O–H groups in total. The van der Waals surface area contributed by atoms with Crippen molar-refractivity contribution in [2.75, 3.05) is 0 Å². The van der Waals surface area contributed by atoms with E-state index >= 15 is 0 Å². The Balaban J connectivity index is 0.000000250. The second kappa shape index (κ2) is 14.4. The fraction of sp³-hybridized carbons (Fsp3) is 0.0588. The van der Waals surface area contributed by atoms with Crippen molar-refractivity contribution in [3.63, 3.8) is 0 Å². The van der Waals surface area contributed by atoms with Gasteiger partial charge in [0.2, 0.25) is 0 Å². The van der Waals surface area contributed by atoms with E-state index in [-0.39, 0.29) is 0 Å². The summed E-state index contributed by atoms with van der Waals surface area (Å²) in [5.74, 6) is 0. The number of hydrogen-bond acceptors (Lipinski definition) is 0. The van der Waals surface area contributed by atoms with Crippen LogP contribution in [0, 0.1) is 20.8 Å². The highest BCUT2D eigenvalue weighted by molar-refractivity contribution is 6.10. The Labute approximate surface area is 307 Å². The summed E-state index contributed by atoms with van der Waals surface area (Å²) >= 11 is 0. The molecule has 0 saturated carbocycles. The molecule has 9 rings (SSSR count). The zero-order valence-electron chi connectivity index (χ0n) is 29.9. The van der Waals surface area contributed by atoms with Crippen molar-refractivity contribution in [3.8, 4) is 50.2 Å². The van der Waals surface area contributed by atoms with Gasteiger partial charge < -0.3 is 4.57 Å². The molecular formula is C51H41N. The smallest absolute Gasteiger partial charge is 0.0541 e. The molecule has 0 spiro atoms. The van der Waals surface area contributed by atoms with Crippen molar-refractivity contribution in [1.29, 1.82) is 0 Å². The molecule has 0 aliphatic heterocycles. The van der Waals surface area contributed by atoms with E-state index in [1.54, 1.807) is 0 Å². The van der Waals surface area contributed by atoms with E-state index in [0.29, 0.717) is 0 Å². The molecular weight excluding hydrogens is 627 g/mol. The Morgan fingerprint density at radius 1 is 0.308 bits per heavy atom. The second-order valence-corrected chi connectivity index (χ2v) is 13.6. The van der Waals surface area contributed by atoms with Crippen LogP contribution in [0.4, 0.5) is 0 Å². The number of benzene rings is 8. The Morgan fingerprint density at radius 3 is 1.56 bits per heavy atom. The van der Waals surface area contributed by atoms with Crippen LogP contribution < -0.4 is 0 Å². The zero-order chi connectivity index (χ0) is 35.4. The summed E-state index contributed by atoms with van der Waals surface area (Å²) in [5, 5.41) is 2.54. The number of fused-ring (bicyclic) bond motifs is 3. The van der Waals surface area contributed by atoms with E-state index < -0.39 is 0 Å². The quantitative estimate of drug-likeness (QED) is 0.172. The van der Waals surface area contributed by atoms with Gasteiger partial charge in [-0.05, 0) is 113 Å². The summed E-state index contributed by atoms with van der Waals surface area (Å²) < 4.78 is 2.39. The lowest BCUT2D eigenvalue weighted by Crippen LogP contribution is -1.93. The number of aromatic nitrogens is 1. The second-order valence-electron chi connectivity index (χ2n) is 13.6. The van der Waals surface area contributed by atoms with Gasteiger partial charge in [-0.2, -0.15) is 0 Å². The van der Waals surface area contributed by atoms with Gasteiger partial charge >= 0.3 is 0 Å². The summed E-state index contributed by atoms with van der Waals surface area (Å²) in [4.78, 5) is 0.